The van der Waals surface area contributed by atoms with Crippen molar-refractivity contribution in [2.45, 2.75) is 46.3 Å². The molecule has 1 aliphatic heterocycles. The van der Waals surface area contributed by atoms with Gasteiger partial charge in [-0.1, -0.05) is 13.0 Å². The molecule has 0 aliphatic carbocycles. The standard InChI is InChI=1S/C12H21NO2/c1-5-6-9(2)12(14)13-7-10(3)15-11(4)8-13/h6,10-11H,5,7-8H2,1-4H3/b9-6-. The normalized spacial score (nSPS) is 28.0. The molecule has 1 amide bonds. The Balaban J connectivity index is 2.63. The number of carbonyl (C=O) groups is 1. The van der Waals surface area contributed by atoms with E-state index in [2.05, 4.69) is 0 Å². The largest absolute Gasteiger partial charge is 0.372 e. The summed E-state index contributed by atoms with van der Waals surface area (Å²) in [6, 6.07) is 0. The summed E-state index contributed by atoms with van der Waals surface area (Å²) in [7, 11) is 0. The summed E-state index contributed by atoms with van der Waals surface area (Å²) in [5, 5.41) is 0. The third-order valence-electron chi connectivity index (χ3n) is 2.55. The fourth-order valence-electron chi connectivity index (χ4n) is 1.99. The second-order valence-corrected chi connectivity index (χ2v) is 4.26. The van der Waals surface area contributed by atoms with E-state index in [4.69, 9.17) is 4.74 Å². The number of amides is 1. The van der Waals surface area contributed by atoms with Gasteiger partial charge in [0.25, 0.3) is 0 Å². The number of allylic oxidation sites excluding steroid dienone is 1. The van der Waals surface area contributed by atoms with E-state index in [9.17, 15) is 4.79 Å². The summed E-state index contributed by atoms with van der Waals surface area (Å²) in [6.07, 6.45) is 3.18. The van der Waals surface area contributed by atoms with E-state index in [-0.39, 0.29) is 18.1 Å². The second-order valence-electron chi connectivity index (χ2n) is 4.26. The van der Waals surface area contributed by atoms with E-state index < -0.39 is 0 Å². The van der Waals surface area contributed by atoms with Crippen molar-refractivity contribution in [3.8, 4) is 0 Å². The first-order valence-corrected chi connectivity index (χ1v) is 5.66. The smallest absolute Gasteiger partial charge is 0.249 e. The van der Waals surface area contributed by atoms with Gasteiger partial charge in [-0.15, -0.1) is 0 Å². The highest BCUT2D eigenvalue weighted by Gasteiger charge is 2.26. The molecular weight excluding hydrogens is 190 g/mol. The molecule has 1 fully saturated rings. The maximum Gasteiger partial charge on any atom is 0.249 e. The summed E-state index contributed by atoms with van der Waals surface area (Å²) < 4.78 is 5.59. The van der Waals surface area contributed by atoms with Gasteiger partial charge in [-0.25, -0.2) is 0 Å². The van der Waals surface area contributed by atoms with Crippen molar-refractivity contribution in [2.24, 2.45) is 0 Å². The first-order chi connectivity index (χ1) is 7.04. The van der Waals surface area contributed by atoms with Crippen LogP contribution in [0.2, 0.25) is 0 Å². The van der Waals surface area contributed by atoms with Crippen LogP contribution in [-0.2, 0) is 9.53 Å². The van der Waals surface area contributed by atoms with Gasteiger partial charge in [-0.2, -0.15) is 0 Å². The average Bonchev–Trinajstić information content (AvgIpc) is 2.15. The highest BCUT2D eigenvalue weighted by atomic mass is 16.5. The van der Waals surface area contributed by atoms with Gasteiger partial charge in [0.15, 0.2) is 0 Å². The Bertz CT molecular complexity index is 250. The Hall–Kier alpha value is -0.830. The van der Waals surface area contributed by atoms with Crippen molar-refractivity contribution in [1.82, 2.24) is 4.90 Å². The van der Waals surface area contributed by atoms with Crippen LogP contribution in [-0.4, -0.2) is 36.1 Å². The molecule has 3 heteroatoms. The van der Waals surface area contributed by atoms with Gasteiger partial charge >= 0.3 is 0 Å². The van der Waals surface area contributed by atoms with E-state index >= 15 is 0 Å². The van der Waals surface area contributed by atoms with Crippen LogP contribution in [0.25, 0.3) is 0 Å². The zero-order chi connectivity index (χ0) is 11.4. The fraction of sp³-hybridized carbons (Fsp3) is 0.750. The molecule has 0 saturated carbocycles. The van der Waals surface area contributed by atoms with Crippen molar-refractivity contribution < 1.29 is 9.53 Å². The first kappa shape index (κ1) is 12.2. The highest BCUT2D eigenvalue weighted by molar-refractivity contribution is 5.92. The van der Waals surface area contributed by atoms with Gasteiger partial charge < -0.3 is 9.64 Å². The van der Waals surface area contributed by atoms with Gasteiger partial charge in [-0.05, 0) is 27.2 Å². The third kappa shape index (κ3) is 3.34. The van der Waals surface area contributed by atoms with Crippen molar-refractivity contribution in [3.63, 3.8) is 0 Å². The molecule has 0 spiro atoms. The molecule has 0 aromatic carbocycles. The van der Waals surface area contributed by atoms with E-state index in [1.54, 1.807) is 0 Å². The molecule has 0 bridgehead atoms. The van der Waals surface area contributed by atoms with Crippen LogP contribution in [0.5, 0.6) is 0 Å². The average molecular weight is 211 g/mol. The zero-order valence-corrected chi connectivity index (χ0v) is 10.1. The SMILES string of the molecule is CC/C=C(/C)C(=O)N1CC(C)OC(C)C1. The highest BCUT2D eigenvalue weighted by Crippen LogP contribution is 2.13. The van der Waals surface area contributed by atoms with Gasteiger partial charge in [0, 0.05) is 18.7 Å². The number of nitrogens with zero attached hydrogens (tertiary/aromatic N) is 1. The van der Waals surface area contributed by atoms with Gasteiger partial charge in [0.05, 0.1) is 12.2 Å². The lowest BCUT2D eigenvalue weighted by molar-refractivity contribution is -0.139. The van der Waals surface area contributed by atoms with E-state index in [1.807, 2.05) is 38.7 Å². The van der Waals surface area contributed by atoms with Crippen molar-refractivity contribution >= 4 is 5.91 Å². The minimum atomic E-state index is 0.145. The number of carbonyl (C=O) groups excluding carboxylic acids is 1. The summed E-state index contributed by atoms with van der Waals surface area (Å²) in [6.45, 7) is 9.36. The molecular formula is C12H21NO2. The maximum absolute atomic E-state index is 12.0. The molecule has 15 heavy (non-hydrogen) atoms. The molecule has 0 N–H and O–H groups in total. The number of morpholine rings is 1. The van der Waals surface area contributed by atoms with Crippen molar-refractivity contribution in [3.05, 3.63) is 11.6 Å². The lowest BCUT2D eigenvalue weighted by Crippen LogP contribution is -2.48. The number of hydrogen-bond acceptors (Lipinski definition) is 2. The number of rotatable bonds is 2. The first-order valence-electron chi connectivity index (χ1n) is 5.66. The molecule has 3 nitrogen and oxygen atoms in total. The molecule has 1 aliphatic rings. The fourth-order valence-corrected chi connectivity index (χ4v) is 1.99. The zero-order valence-electron chi connectivity index (χ0n) is 10.1. The predicted octanol–water partition coefficient (Wildman–Crippen LogP) is 1.98. The van der Waals surface area contributed by atoms with Crippen LogP contribution in [0.4, 0.5) is 0 Å². The minimum Gasteiger partial charge on any atom is -0.372 e. The molecule has 0 aromatic rings. The molecule has 0 radical (unpaired) electrons. The summed E-state index contributed by atoms with van der Waals surface area (Å²) in [4.78, 5) is 13.9. The Labute approximate surface area is 92.1 Å². The maximum atomic E-state index is 12.0. The van der Waals surface area contributed by atoms with Crippen LogP contribution in [0.1, 0.15) is 34.1 Å². The van der Waals surface area contributed by atoms with Gasteiger partial charge in [-0.3, -0.25) is 4.79 Å². The monoisotopic (exact) mass is 211 g/mol. The molecule has 2 atom stereocenters. The van der Waals surface area contributed by atoms with Gasteiger partial charge in [0.2, 0.25) is 5.91 Å². The molecule has 2 unspecified atom stereocenters. The Morgan fingerprint density at radius 3 is 2.40 bits per heavy atom. The molecule has 0 aromatic heterocycles. The molecule has 1 heterocycles. The number of hydrogen-bond donors (Lipinski definition) is 0. The molecule has 1 saturated heterocycles. The van der Waals surface area contributed by atoms with Crippen LogP contribution in [0, 0.1) is 0 Å². The Morgan fingerprint density at radius 2 is 1.93 bits per heavy atom. The second kappa shape index (κ2) is 5.31. The van der Waals surface area contributed by atoms with E-state index in [1.165, 1.54) is 0 Å². The summed E-state index contributed by atoms with van der Waals surface area (Å²) in [5.41, 5.74) is 0.846. The van der Waals surface area contributed by atoms with Crippen molar-refractivity contribution in [1.29, 1.82) is 0 Å². The topological polar surface area (TPSA) is 29.5 Å². The predicted molar refractivity (Wildman–Crippen MR) is 60.6 cm³/mol. The lowest BCUT2D eigenvalue weighted by Gasteiger charge is -2.35. The Morgan fingerprint density at radius 1 is 1.40 bits per heavy atom. The summed E-state index contributed by atoms with van der Waals surface area (Å²) >= 11 is 0. The minimum absolute atomic E-state index is 0.145. The summed E-state index contributed by atoms with van der Waals surface area (Å²) in [5.74, 6) is 0.152. The van der Waals surface area contributed by atoms with Crippen LogP contribution in [0.3, 0.4) is 0 Å². The molecule has 86 valence electrons. The lowest BCUT2D eigenvalue weighted by atomic mass is 10.1. The van der Waals surface area contributed by atoms with E-state index in [0.717, 1.165) is 12.0 Å². The van der Waals surface area contributed by atoms with E-state index in [0.29, 0.717) is 13.1 Å². The van der Waals surface area contributed by atoms with Gasteiger partial charge in [0.1, 0.15) is 0 Å². The quantitative estimate of drug-likeness (QED) is 0.654. The molecule has 1 rings (SSSR count). The Kier molecular flexibility index (Phi) is 4.33. The van der Waals surface area contributed by atoms with Crippen molar-refractivity contribution in [2.75, 3.05) is 13.1 Å². The number of ether oxygens (including phenoxy) is 1. The van der Waals surface area contributed by atoms with Crippen LogP contribution in [0.15, 0.2) is 11.6 Å². The van der Waals surface area contributed by atoms with Crippen LogP contribution < -0.4 is 0 Å². The third-order valence-corrected chi connectivity index (χ3v) is 2.55. The van der Waals surface area contributed by atoms with Crippen LogP contribution >= 0.6 is 0 Å².